The quantitative estimate of drug-likeness (QED) is 0.587. The Kier molecular flexibility index (Phi) is 9.88. The fraction of sp³-hybridized carbons (Fsp3) is 0.846. The summed E-state index contributed by atoms with van der Waals surface area (Å²) in [5.41, 5.74) is 0. The first-order valence-electron chi connectivity index (χ1n) is 6.79. The lowest BCUT2D eigenvalue weighted by Crippen LogP contribution is -2.38. The van der Waals surface area contributed by atoms with Crippen molar-refractivity contribution in [2.24, 2.45) is 0 Å². The molecule has 0 aliphatic carbocycles. The molecule has 19 heavy (non-hydrogen) atoms. The van der Waals surface area contributed by atoms with Gasteiger partial charge in [0.25, 0.3) is 0 Å². The van der Waals surface area contributed by atoms with Crippen LogP contribution in [-0.4, -0.2) is 67.7 Å². The van der Waals surface area contributed by atoms with E-state index >= 15 is 0 Å². The molecule has 0 aliphatic heterocycles. The molecule has 0 unspecified atom stereocenters. The van der Waals surface area contributed by atoms with Gasteiger partial charge in [-0.05, 0) is 39.9 Å². The molecule has 0 heterocycles. The number of urea groups is 1. The molecule has 0 saturated carbocycles. The van der Waals surface area contributed by atoms with Crippen LogP contribution >= 0.6 is 0 Å². The zero-order valence-electron chi connectivity index (χ0n) is 12.3. The van der Waals surface area contributed by atoms with Crippen LogP contribution in [0.1, 0.15) is 32.1 Å². The van der Waals surface area contributed by atoms with Gasteiger partial charge in [-0.15, -0.1) is 0 Å². The van der Waals surface area contributed by atoms with Crippen LogP contribution in [0.4, 0.5) is 4.79 Å². The van der Waals surface area contributed by atoms with Crippen molar-refractivity contribution < 1.29 is 14.7 Å². The Labute approximate surface area is 115 Å². The third-order valence-electron chi connectivity index (χ3n) is 2.79. The molecule has 6 heteroatoms. The second-order valence-corrected chi connectivity index (χ2v) is 5.01. The van der Waals surface area contributed by atoms with Gasteiger partial charge < -0.3 is 20.2 Å². The Morgan fingerprint density at radius 3 is 2.26 bits per heavy atom. The summed E-state index contributed by atoms with van der Waals surface area (Å²) in [7, 11) is 5.81. The third kappa shape index (κ3) is 11.5. The van der Waals surface area contributed by atoms with Gasteiger partial charge in [-0.1, -0.05) is 6.42 Å². The first kappa shape index (κ1) is 17.7. The van der Waals surface area contributed by atoms with Gasteiger partial charge in [0.05, 0.1) is 0 Å². The smallest absolute Gasteiger partial charge is 0.317 e. The SMILES string of the molecule is CN(C)CCCN(C)C(=O)NCCCCCC(=O)O. The van der Waals surface area contributed by atoms with E-state index < -0.39 is 5.97 Å². The summed E-state index contributed by atoms with van der Waals surface area (Å²) in [6.45, 7) is 2.31. The van der Waals surface area contributed by atoms with Gasteiger partial charge in [0, 0.05) is 26.6 Å². The second kappa shape index (κ2) is 10.6. The largest absolute Gasteiger partial charge is 0.481 e. The Morgan fingerprint density at radius 1 is 1.00 bits per heavy atom. The van der Waals surface area contributed by atoms with E-state index in [9.17, 15) is 9.59 Å². The minimum atomic E-state index is -0.760. The number of rotatable bonds is 10. The van der Waals surface area contributed by atoms with Crippen LogP contribution in [0.15, 0.2) is 0 Å². The summed E-state index contributed by atoms with van der Waals surface area (Å²) in [4.78, 5) is 25.7. The molecule has 0 aromatic carbocycles. The first-order chi connectivity index (χ1) is 8.93. The van der Waals surface area contributed by atoms with Crippen LogP contribution in [0.3, 0.4) is 0 Å². The standard InChI is InChI=1S/C13H27N3O3/c1-15(2)10-7-11-16(3)13(19)14-9-6-4-5-8-12(17)18/h4-11H2,1-3H3,(H,14,19)(H,17,18). The van der Waals surface area contributed by atoms with Gasteiger partial charge in [0.1, 0.15) is 0 Å². The Balaban J connectivity index is 3.49. The van der Waals surface area contributed by atoms with Crippen molar-refractivity contribution in [3.05, 3.63) is 0 Å². The number of carboxylic acid groups (broad SMARTS) is 1. The number of unbranched alkanes of at least 4 members (excludes halogenated alkanes) is 2. The average molecular weight is 273 g/mol. The van der Waals surface area contributed by atoms with Crippen molar-refractivity contribution in [1.82, 2.24) is 15.1 Å². The molecule has 2 N–H and O–H groups in total. The van der Waals surface area contributed by atoms with Gasteiger partial charge in [0.15, 0.2) is 0 Å². The van der Waals surface area contributed by atoms with Crippen LogP contribution in [0, 0.1) is 0 Å². The fourth-order valence-corrected chi connectivity index (χ4v) is 1.63. The van der Waals surface area contributed by atoms with E-state index in [0.717, 1.165) is 32.4 Å². The molecule has 0 radical (unpaired) electrons. The average Bonchev–Trinajstić information content (AvgIpc) is 2.32. The normalized spacial score (nSPS) is 10.5. The molecule has 0 atom stereocenters. The number of hydrogen-bond acceptors (Lipinski definition) is 3. The summed E-state index contributed by atoms with van der Waals surface area (Å²) in [6, 6.07) is -0.0583. The Hall–Kier alpha value is -1.30. The third-order valence-corrected chi connectivity index (χ3v) is 2.79. The van der Waals surface area contributed by atoms with E-state index in [4.69, 9.17) is 5.11 Å². The van der Waals surface area contributed by atoms with E-state index in [1.54, 1.807) is 11.9 Å². The summed E-state index contributed by atoms with van der Waals surface area (Å²) >= 11 is 0. The van der Waals surface area contributed by atoms with Crippen molar-refractivity contribution >= 4 is 12.0 Å². The molecule has 0 aromatic rings. The summed E-state index contributed by atoms with van der Waals surface area (Å²) in [6.07, 6.45) is 3.49. The molecule has 0 aromatic heterocycles. The number of nitrogens with zero attached hydrogens (tertiary/aromatic N) is 2. The number of hydrogen-bond donors (Lipinski definition) is 2. The van der Waals surface area contributed by atoms with Crippen molar-refractivity contribution in [2.75, 3.05) is 40.8 Å². The summed E-state index contributed by atoms with van der Waals surface area (Å²) in [5.74, 6) is -0.760. The van der Waals surface area contributed by atoms with Crippen molar-refractivity contribution in [3.63, 3.8) is 0 Å². The number of nitrogens with one attached hydrogen (secondary N) is 1. The van der Waals surface area contributed by atoms with E-state index in [0.29, 0.717) is 13.0 Å². The maximum atomic E-state index is 11.7. The number of carboxylic acids is 1. The van der Waals surface area contributed by atoms with Gasteiger partial charge in [-0.25, -0.2) is 4.79 Å². The lowest BCUT2D eigenvalue weighted by Gasteiger charge is -2.19. The summed E-state index contributed by atoms with van der Waals surface area (Å²) < 4.78 is 0. The molecule has 0 aliphatic rings. The molecule has 0 fully saturated rings. The minimum Gasteiger partial charge on any atom is -0.481 e. The fourth-order valence-electron chi connectivity index (χ4n) is 1.63. The number of amides is 2. The highest BCUT2D eigenvalue weighted by atomic mass is 16.4. The maximum Gasteiger partial charge on any atom is 0.317 e. The Morgan fingerprint density at radius 2 is 1.68 bits per heavy atom. The van der Waals surface area contributed by atoms with Crippen LogP contribution in [0.2, 0.25) is 0 Å². The molecular weight excluding hydrogens is 246 g/mol. The van der Waals surface area contributed by atoms with Crippen LogP contribution in [0.25, 0.3) is 0 Å². The number of carbonyl (C=O) groups is 2. The summed E-state index contributed by atoms with van der Waals surface area (Å²) in [5, 5.41) is 11.3. The molecule has 6 nitrogen and oxygen atoms in total. The number of aliphatic carboxylic acids is 1. The van der Waals surface area contributed by atoms with Crippen LogP contribution < -0.4 is 5.32 Å². The van der Waals surface area contributed by atoms with E-state index in [-0.39, 0.29) is 12.5 Å². The van der Waals surface area contributed by atoms with Crippen molar-refractivity contribution in [1.29, 1.82) is 0 Å². The topological polar surface area (TPSA) is 72.9 Å². The highest BCUT2D eigenvalue weighted by molar-refractivity contribution is 5.73. The number of carbonyl (C=O) groups excluding carboxylic acids is 1. The molecule has 112 valence electrons. The molecule has 0 rings (SSSR count). The molecule has 0 spiro atoms. The second-order valence-electron chi connectivity index (χ2n) is 5.01. The van der Waals surface area contributed by atoms with Gasteiger partial charge >= 0.3 is 12.0 Å². The molecule has 0 saturated heterocycles. The van der Waals surface area contributed by atoms with E-state index in [1.807, 2.05) is 14.1 Å². The first-order valence-corrected chi connectivity index (χ1v) is 6.79. The van der Waals surface area contributed by atoms with E-state index in [2.05, 4.69) is 10.2 Å². The van der Waals surface area contributed by atoms with Gasteiger partial charge in [-0.2, -0.15) is 0 Å². The Bertz CT molecular complexity index is 270. The minimum absolute atomic E-state index is 0.0583. The lowest BCUT2D eigenvalue weighted by molar-refractivity contribution is -0.137. The highest BCUT2D eigenvalue weighted by Gasteiger charge is 2.07. The zero-order chi connectivity index (χ0) is 14.7. The highest BCUT2D eigenvalue weighted by Crippen LogP contribution is 1.99. The van der Waals surface area contributed by atoms with Crippen molar-refractivity contribution in [3.8, 4) is 0 Å². The van der Waals surface area contributed by atoms with Crippen molar-refractivity contribution in [2.45, 2.75) is 32.1 Å². The van der Waals surface area contributed by atoms with Gasteiger partial charge in [-0.3, -0.25) is 4.79 Å². The van der Waals surface area contributed by atoms with Crippen LogP contribution in [0.5, 0.6) is 0 Å². The van der Waals surface area contributed by atoms with E-state index in [1.165, 1.54) is 0 Å². The zero-order valence-corrected chi connectivity index (χ0v) is 12.3. The molecular formula is C13H27N3O3. The molecule has 2 amide bonds. The predicted molar refractivity (Wildman–Crippen MR) is 75.3 cm³/mol. The molecule has 0 bridgehead atoms. The lowest BCUT2D eigenvalue weighted by atomic mass is 10.2. The predicted octanol–water partition coefficient (Wildman–Crippen LogP) is 1.22. The monoisotopic (exact) mass is 273 g/mol. The van der Waals surface area contributed by atoms with Gasteiger partial charge in [0.2, 0.25) is 0 Å². The maximum absolute atomic E-state index is 11.7. The van der Waals surface area contributed by atoms with Crippen LogP contribution in [-0.2, 0) is 4.79 Å².